The van der Waals surface area contributed by atoms with Gasteiger partial charge >= 0.3 is 0 Å². The van der Waals surface area contributed by atoms with Crippen LogP contribution in [0, 0.1) is 10.1 Å². The summed E-state index contributed by atoms with van der Waals surface area (Å²) >= 11 is 1.18. The third kappa shape index (κ3) is 5.46. The minimum atomic E-state index is -0.460. The van der Waals surface area contributed by atoms with Crippen molar-refractivity contribution in [1.82, 2.24) is 25.2 Å². The highest BCUT2D eigenvalue weighted by atomic mass is 32.2. The number of carbonyl (C=O) groups is 1. The molecule has 33 heavy (non-hydrogen) atoms. The Morgan fingerprint density at radius 1 is 1.09 bits per heavy atom. The first-order valence-corrected chi connectivity index (χ1v) is 10.7. The fraction of sp³-hybridized carbons (Fsp3) is 0.0455. The van der Waals surface area contributed by atoms with Gasteiger partial charge in [0.05, 0.1) is 22.6 Å². The van der Waals surface area contributed by atoms with Crippen LogP contribution in [0.25, 0.3) is 17.1 Å². The first-order valence-electron chi connectivity index (χ1n) is 9.73. The number of benzene rings is 2. The Bertz CT molecular complexity index is 1290. The van der Waals surface area contributed by atoms with Gasteiger partial charge in [-0.15, -0.1) is 10.2 Å². The van der Waals surface area contributed by atoms with Crippen molar-refractivity contribution in [2.45, 2.75) is 5.16 Å². The second-order valence-corrected chi connectivity index (χ2v) is 7.56. The zero-order valence-corrected chi connectivity index (χ0v) is 17.9. The van der Waals surface area contributed by atoms with E-state index in [0.29, 0.717) is 22.2 Å². The summed E-state index contributed by atoms with van der Waals surface area (Å²) in [6.45, 7) is 0. The number of nitro groups is 1. The summed E-state index contributed by atoms with van der Waals surface area (Å²) in [5, 5.41) is 24.0. The molecule has 0 radical (unpaired) electrons. The Morgan fingerprint density at radius 3 is 2.67 bits per heavy atom. The van der Waals surface area contributed by atoms with Crippen LogP contribution in [0.1, 0.15) is 5.69 Å². The molecule has 164 valence electrons. The molecule has 0 saturated heterocycles. The summed E-state index contributed by atoms with van der Waals surface area (Å²) in [4.78, 5) is 27.1. The van der Waals surface area contributed by atoms with Crippen molar-refractivity contribution in [1.29, 1.82) is 0 Å². The molecule has 0 spiro atoms. The number of hydrogen-bond donors (Lipinski definition) is 1. The van der Waals surface area contributed by atoms with Crippen LogP contribution < -0.4 is 5.43 Å². The van der Waals surface area contributed by atoms with E-state index in [0.717, 1.165) is 5.69 Å². The molecule has 11 heteroatoms. The molecule has 0 fully saturated rings. The zero-order chi connectivity index (χ0) is 23.0. The summed E-state index contributed by atoms with van der Waals surface area (Å²) in [5.74, 6) is 0.145. The number of rotatable bonds is 8. The van der Waals surface area contributed by atoms with Crippen LogP contribution in [0.3, 0.4) is 0 Å². The highest BCUT2D eigenvalue weighted by molar-refractivity contribution is 7.99. The maximum Gasteiger partial charge on any atom is 0.270 e. The molecule has 0 aliphatic heterocycles. The van der Waals surface area contributed by atoms with Crippen molar-refractivity contribution in [2.24, 2.45) is 5.10 Å². The van der Waals surface area contributed by atoms with Crippen molar-refractivity contribution < 1.29 is 9.72 Å². The number of thioether (sulfide) groups is 1. The van der Waals surface area contributed by atoms with Crippen LogP contribution in [0.2, 0.25) is 0 Å². The molecular weight excluding hydrogens is 442 g/mol. The van der Waals surface area contributed by atoms with Crippen molar-refractivity contribution in [2.75, 3.05) is 5.75 Å². The van der Waals surface area contributed by atoms with E-state index in [1.165, 1.54) is 30.1 Å². The minimum absolute atomic E-state index is 0.0411. The molecule has 2 aromatic carbocycles. The number of pyridine rings is 1. The standard InChI is InChI=1S/C22H17N7O3S/c30-20(25-24-14-17-8-4-5-12-23-17)15-33-22-27-26-21(28(22)18-9-2-1-3-10-18)16-7-6-11-19(13-16)29(31)32/h1-14H,15H2,(H,25,30). The lowest BCUT2D eigenvalue weighted by Crippen LogP contribution is -2.20. The van der Waals surface area contributed by atoms with Gasteiger partial charge in [0.25, 0.3) is 11.6 Å². The molecular formula is C22H17N7O3S. The quantitative estimate of drug-likeness (QED) is 0.185. The third-order valence-corrected chi connectivity index (χ3v) is 5.30. The smallest absolute Gasteiger partial charge is 0.270 e. The van der Waals surface area contributed by atoms with Crippen LogP contribution in [-0.2, 0) is 4.79 Å². The average molecular weight is 459 g/mol. The molecule has 0 unspecified atom stereocenters. The normalized spacial score (nSPS) is 10.9. The Kier molecular flexibility index (Phi) is 6.81. The highest BCUT2D eigenvalue weighted by Gasteiger charge is 2.19. The van der Waals surface area contributed by atoms with E-state index >= 15 is 0 Å². The van der Waals surface area contributed by atoms with Gasteiger partial charge in [-0.25, -0.2) is 5.43 Å². The predicted molar refractivity (Wildman–Crippen MR) is 124 cm³/mol. The molecule has 1 N–H and O–H groups in total. The molecule has 0 atom stereocenters. The van der Waals surface area contributed by atoms with Crippen LogP contribution in [0.15, 0.2) is 89.3 Å². The molecule has 1 amide bonds. The first-order chi connectivity index (χ1) is 16.1. The number of hydrazone groups is 1. The molecule has 4 aromatic rings. The highest BCUT2D eigenvalue weighted by Crippen LogP contribution is 2.29. The SMILES string of the molecule is O=C(CSc1nnc(-c2cccc([N+](=O)[O-])c2)n1-c1ccccc1)NN=Cc1ccccn1. The van der Waals surface area contributed by atoms with E-state index in [2.05, 4.69) is 25.7 Å². The Labute approximate surface area is 192 Å². The molecule has 0 saturated carbocycles. The number of amides is 1. The Hall–Kier alpha value is -4.38. The summed E-state index contributed by atoms with van der Waals surface area (Å²) in [7, 11) is 0. The van der Waals surface area contributed by atoms with Crippen molar-refractivity contribution in [3.05, 3.63) is 94.8 Å². The van der Waals surface area contributed by atoms with Crippen molar-refractivity contribution >= 4 is 29.6 Å². The van der Waals surface area contributed by atoms with Crippen LogP contribution >= 0.6 is 11.8 Å². The van der Waals surface area contributed by atoms with E-state index in [-0.39, 0.29) is 17.3 Å². The number of para-hydroxylation sites is 1. The lowest BCUT2D eigenvalue weighted by molar-refractivity contribution is -0.384. The van der Waals surface area contributed by atoms with E-state index in [1.807, 2.05) is 36.4 Å². The van der Waals surface area contributed by atoms with Gasteiger partial charge in [0, 0.05) is 29.6 Å². The van der Waals surface area contributed by atoms with E-state index in [9.17, 15) is 14.9 Å². The van der Waals surface area contributed by atoms with E-state index < -0.39 is 4.92 Å². The number of nitrogens with one attached hydrogen (secondary N) is 1. The number of carbonyl (C=O) groups excluding carboxylic acids is 1. The number of aromatic nitrogens is 4. The van der Waals surface area contributed by atoms with Crippen LogP contribution in [0.4, 0.5) is 5.69 Å². The zero-order valence-electron chi connectivity index (χ0n) is 17.1. The summed E-state index contributed by atoms with van der Waals surface area (Å²) in [5.41, 5.74) is 4.33. The largest absolute Gasteiger partial charge is 0.272 e. The molecule has 0 aliphatic carbocycles. The number of hydrogen-bond acceptors (Lipinski definition) is 8. The van der Waals surface area contributed by atoms with Gasteiger partial charge in [-0.2, -0.15) is 5.10 Å². The first kappa shape index (κ1) is 21.8. The molecule has 2 aromatic heterocycles. The second-order valence-electron chi connectivity index (χ2n) is 6.62. The van der Waals surface area contributed by atoms with Crippen LogP contribution in [0.5, 0.6) is 0 Å². The number of nitrogens with zero attached hydrogens (tertiary/aromatic N) is 6. The third-order valence-electron chi connectivity index (χ3n) is 4.37. The minimum Gasteiger partial charge on any atom is -0.272 e. The van der Waals surface area contributed by atoms with Crippen LogP contribution in [-0.4, -0.2) is 42.5 Å². The lowest BCUT2D eigenvalue weighted by atomic mass is 10.2. The van der Waals surface area contributed by atoms with Gasteiger partial charge in [0.2, 0.25) is 0 Å². The van der Waals surface area contributed by atoms with Gasteiger partial charge in [0.15, 0.2) is 11.0 Å². The maximum absolute atomic E-state index is 12.3. The molecule has 0 aliphatic rings. The Morgan fingerprint density at radius 2 is 1.91 bits per heavy atom. The fourth-order valence-electron chi connectivity index (χ4n) is 2.90. The van der Waals surface area contributed by atoms with Crippen molar-refractivity contribution in [3.63, 3.8) is 0 Å². The van der Waals surface area contributed by atoms with Gasteiger partial charge in [0.1, 0.15) is 0 Å². The second kappa shape index (κ2) is 10.3. The van der Waals surface area contributed by atoms with Gasteiger partial charge in [-0.1, -0.05) is 48.2 Å². The number of non-ortho nitro benzene ring substituents is 1. The van der Waals surface area contributed by atoms with Crippen molar-refractivity contribution in [3.8, 4) is 17.1 Å². The summed E-state index contributed by atoms with van der Waals surface area (Å²) in [6.07, 6.45) is 3.09. The molecule has 10 nitrogen and oxygen atoms in total. The van der Waals surface area contributed by atoms with E-state index in [4.69, 9.17) is 0 Å². The van der Waals surface area contributed by atoms with Gasteiger partial charge in [-0.05, 0) is 24.3 Å². The lowest BCUT2D eigenvalue weighted by Gasteiger charge is -2.10. The predicted octanol–water partition coefficient (Wildman–Crippen LogP) is 3.48. The van der Waals surface area contributed by atoms with Gasteiger partial charge in [-0.3, -0.25) is 24.5 Å². The maximum atomic E-state index is 12.3. The fourth-order valence-corrected chi connectivity index (χ4v) is 3.65. The average Bonchev–Trinajstić information content (AvgIpc) is 3.28. The summed E-state index contributed by atoms with van der Waals surface area (Å²) < 4.78 is 1.76. The Balaban J connectivity index is 1.55. The monoisotopic (exact) mass is 459 g/mol. The molecule has 0 bridgehead atoms. The van der Waals surface area contributed by atoms with Gasteiger partial charge < -0.3 is 0 Å². The summed E-state index contributed by atoms with van der Waals surface area (Å²) in [6, 6.07) is 20.9. The van der Waals surface area contributed by atoms with E-state index in [1.54, 1.807) is 35.0 Å². The molecule has 2 heterocycles. The molecule has 4 rings (SSSR count). The topological polar surface area (TPSA) is 128 Å². The number of nitro benzene ring substituents is 1.